The Balaban J connectivity index is 1.73. The van der Waals surface area contributed by atoms with Gasteiger partial charge in [0, 0.05) is 24.2 Å². The lowest BCUT2D eigenvalue weighted by Gasteiger charge is -2.17. The number of amides is 1. The minimum Gasteiger partial charge on any atom is -0.489 e. The van der Waals surface area contributed by atoms with E-state index < -0.39 is 11.6 Å². The van der Waals surface area contributed by atoms with E-state index in [-0.39, 0.29) is 12.5 Å². The Bertz CT molecular complexity index is 680. The topological polar surface area (TPSA) is 38.3 Å². The van der Waals surface area contributed by atoms with E-state index in [4.69, 9.17) is 4.74 Å². The maximum Gasteiger partial charge on any atom is 0.224 e. The number of carbonyl (C=O) groups is 1. The number of halogens is 2. The molecular formula is C16H13F2NO2. The third-order valence-corrected chi connectivity index (χ3v) is 3.30. The van der Waals surface area contributed by atoms with Crippen LogP contribution in [0.4, 0.5) is 14.5 Å². The Morgan fingerprint density at radius 1 is 1.05 bits per heavy atom. The molecule has 0 spiro atoms. The number of hydrogen-bond donors (Lipinski definition) is 1. The molecule has 108 valence electrons. The van der Waals surface area contributed by atoms with Gasteiger partial charge in [0.15, 0.2) is 0 Å². The molecular weight excluding hydrogens is 276 g/mol. The van der Waals surface area contributed by atoms with Crippen molar-refractivity contribution in [3.8, 4) is 5.75 Å². The maximum atomic E-state index is 13.1. The summed E-state index contributed by atoms with van der Waals surface area (Å²) in [4.78, 5) is 11.4. The standard InChI is InChI=1S/C16H13F2NO2/c17-12-5-10(6-13(18)7-12)9-21-14-3-1-11-2-4-16(20)19-15(11)8-14/h1,3,5-8H,2,4,9H2,(H,19,20). The van der Waals surface area contributed by atoms with Gasteiger partial charge in [-0.15, -0.1) is 0 Å². The van der Waals surface area contributed by atoms with Crippen LogP contribution in [-0.4, -0.2) is 5.91 Å². The van der Waals surface area contributed by atoms with Crippen LogP contribution < -0.4 is 10.1 Å². The fourth-order valence-electron chi connectivity index (χ4n) is 2.30. The van der Waals surface area contributed by atoms with Gasteiger partial charge in [0.2, 0.25) is 5.91 Å². The largest absolute Gasteiger partial charge is 0.489 e. The second kappa shape index (κ2) is 5.52. The van der Waals surface area contributed by atoms with Crippen LogP contribution in [0.3, 0.4) is 0 Å². The smallest absolute Gasteiger partial charge is 0.224 e. The number of nitrogens with one attached hydrogen (secondary N) is 1. The summed E-state index contributed by atoms with van der Waals surface area (Å²) in [5, 5.41) is 2.78. The molecule has 21 heavy (non-hydrogen) atoms. The highest BCUT2D eigenvalue weighted by atomic mass is 19.1. The molecule has 0 radical (unpaired) electrons. The van der Waals surface area contributed by atoms with Gasteiger partial charge < -0.3 is 10.1 Å². The molecule has 0 aromatic heterocycles. The van der Waals surface area contributed by atoms with Crippen LogP contribution in [0, 0.1) is 11.6 Å². The maximum absolute atomic E-state index is 13.1. The van der Waals surface area contributed by atoms with Gasteiger partial charge >= 0.3 is 0 Å². The molecule has 3 nitrogen and oxygen atoms in total. The summed E-state index contributed by atoms with van der Waals surface area (Å²) < 4.78 is 31.7. The van der Waals surface area contributed by atoms with Crippen molar-refractivity contribution in [3.05, 3.63) is 59.2 Å². The molecule has 0 saturated carbocycles. The van der Waals surface area contributed by atoms with E-state index in [1.54, 1.807) is 12.1 Å². The third-order valence-electron chi connectivity index (χ3n) is 3.30. The number of hydrogen-bond acceptors (Lipinski definition) is 2. The molecule has 1 N–H and O–H groups in total. The summed E-state index contributed by atoms with van der Waals surface area (Å²) >= 11 is 0. The van der Waals surface area contributed by atoms with Gasteiger partial charge in [0.1, 0.15) is 24.0 Å². The lowest BCUT2D eigenvalue weighted by atomic mass is 10.0. The monoisotopic (exact) mass is 289 g/mol. The SMILES string of the molecule is O=C1CCc2ccc(OCc3cc(F)cc(F)c3)cc2N1. The fourth-order valence-corrected chi connectivity index (χ4v) is 2.30. The Labute approximate surface area is 120 Å². The molecule has 0 saturated heterocycles. The van der Waals surface area contributed by atoms with Crippen molar-refractivity contribution in [2.45, 2.75) is 19.4 Å². The molecule has 0 bridgehead atoms. The highest BCUT2D eigenvalue weighted by Gasteiger charge is 2.15. The number of anilines is 1. The summed E-state index contributed by atoms with van der Waals surface area (Å²) in [7, 11) is 0. The number of aryl methyl sites for hydroxylation is 1. The lowest BCUT2D eigenvalue weighted by Crippen LogP contribution is -2.18. The van der Waals surface area contributed by atoms with Crippen LogP contribution in [0.2, 0.25) is 0 Å². The molecule has 2 aromatic carbocycles. The summed E-state index contributed by atoms with van der Waals surface area (Å²) in [5.74, 6) is -0.745. The highest BCUT2D eigenvalue weighted by Crippen LogP contribution is 2.27. The van der Waals surface area contributed by atoms with Gasteiger partial charge in [-0.05, 0) is 35.7 Å². The van der Waals surface area contributed by atoms with Crippen molar-refractivity contribution >= 4 is 11.6 Å². The van der Waals surface area contributed by atoms with Crippen molar-refractivity contribution in [2.24, 2.45) is 0 Å². The molecule has 0 unspecified atom stereocenters. The van der Waals surface area contributed by atoms with Gasteiger partial charge in [-0.3, -0.25) is 4.79 Å². The van der Waals surface area contributed by atoms with Gasteiger partial charge in [0.05, 0.1) is 0 Å². The summed E-state index contributed by atoms with van der Waals surface area (Å²) in [6, 6.07) is 8.66. The third kappa shape index (κ3) is 3.18. The average molecular weight is 289 g/mol. The van der Waals surface area contributed by atoms with Crippen molar-refractivity contribution in [2.75, 3.05) is 5.32 Å². The zero-order valence-corrected chi connectivity index (χ0v) is 11.2. The fraction of sp³-hybridized carbons (Fsp3) is 0.188. The van der Waals surface area contributed by atoms with Crippen molar-refractivity contribution in [3.63, 3.8) is 0 Å². The number of carbonyl (C=O) groups excluding carboxylic acids is 1. The number of fused-ring (bicyclic) bond motifs is 1. The first-order valence-corrected chi connectivity index (χ1v) is 6.61. The van der Waals surface area contributed by atoms with E-state index in [0.29, 0.717) is 24.2 Å². The van der Waals surface area contributed by atoms with Crippen molar-refractivity contribution < 1.29 is 18.3 Å². The molecule has 1 heterocycles. The second-order valence-corrected chi connectivity index (χ2v) is 4.93. The van der Waals surface area contributed by atoms with Crippen LogP contribution in [0.5, 0.6) is 5.75 Å². The van der Waals surface area contributed by atoms with Crippen molar-refractivity contribution in [1.29, 1.82) is 0 Å². The van der Waals surface area contributed by atoms with Crippen LogP contribution in [0.15, 0.2) is 36.4 Å². The van der Waals surface area contributed by atoms with Crippen LogP contribution in [0.1, 0.15) is 17.5 Å². The predicted molar refractivity (Wildman–Crippen MR) is 74.1 cm³/mol. The predicted octanol–water partition coefficient (Wildman–Crippen LogP) is 3.43. The molecule has 2 aromatic rings. The van der Waals surface area contributed by atoms with Crippen LogP contribution >= 0.6 is 0 Å². The second-order valence-electron chi connectivity index (χ2n) is 4.93. The first-order valence-electron chi connectivity index (χ1n) is 6.61. The summed E-state index contributed by atoms with van der Waals surface area (Å²) in [6.45, 7) is 0.0570. The molecule has 0 atom stereocenters. The quantitative estimate of drug-likeness (QED) is 0.940. The van der Waals surface area contributed by atoms with Crippen LogP contribution in [0.25, 0.3) is 0 Å². The molecule has 5 heteroatoms. The van der Waals surface area contributed by atoms with E-state index in [2.05, 4.69) is 5.32 Å². The van der Waals surface area contributed by atoms with E-state index >= 15 is 0 Å². The first-order chi connectivity index (χ1) is 10.1. The molecule has 1 aliphatic rings. The van der Waals surface area contributed by atoms with E-state index in [1.165, 1.54) is 12.1 Å². The van der Waals surface area contributed by atoms with Gasteiger partial charge in [-0.2, -0.15) is 0 Å². The lowest BCUT2D eigenvalue weighted by molar-refractivity contribution is -0.116. The Morgan fingerprint density at radius 3 is 2.57 bits per heavy atom. The normalized spacial score (nSPS) is 13.5. The van der Waals surface area contributed by atoms with Gasteiger partial charge in [-0.25, -0.2) is 8.78 Å². The number of ether oxygens (including phenoxy) is 1. The number of rotatable bonds is 3. The van der Waals surface area contributed by atoms with E-state index in [0.717, 1.165) is 17.3 Å². The summed E-state index contributed by atoms with van der Waals surface area (Å²) in [5.41, 5.74) is 2.20. The van der Waals surface area contributed by atoms with E-state index in [9.17, 15) is 13.6 Å². The molecule has 1 amide bonds. The average Bonchev–Trinajstić information content (AvgIpc) is 2.43. The Kier molecular flexibility index (Phi) is 3.56. The minimum atomic E-state index is -0.633. The molecule has 3 rings (SSSR count). The minimum absolute atomic E-state index is 0.0214. The number of benzene rings is 2. The Morgan fingerprint density at radius 2 is 1.81 bits per heavy atom. The first kappa shape index (κ1) is 13.5. The molecule has 0 fully saturated rings. The van der Waals surface area contributed by atoms with Gasteiger partial charge in [0.25, 0.3) is 0 Å². The molecule has 1 aliphatic heterocycles. The van der Waals surface area contributed by atoms with E-state index in [1.807, 2.05) is 6.07 Å². The zero-order valence-electron chi connectivity index (χ0n) is 11.2. The van der Waals surface area contributed by atoms with Gasteiger partial charge in [-0.1, -0.05) is 6.07 Å². The summed E-state index contributed by atoms with van der Waals surface area (Å²) in [6.07, 6.45) is 1.19. The van der Waals surface area contributed by atoms with Crippen LogP contribution in [-0.2, 0) is 17.8 Å². The Hall–Kier alpha value is -2.43. The highest BCUT2D eigenvalue weighted by molar-refractivity contribution is 5.94. The van der Waals surface area contributed by atoms with Crippen molar-refractivity contribution in [1.82, 2.24) is 0 Å². The zero-order chi connectivity index (χ0) is 14.8. The molecule has 0 aliphatic carbocycles.